The molecule has 0 saturated carbocycles. The number of rotatable bonds is 4. The molecular weight excluding hydrogens is 717 g/mol. The molecule has 0 unspecified atom stereocenters. The summed E-state index contributed by atoms with van der Waals surface area (Å²) in [4.78, 5) is 2.39. The molecule has 0 spiro atoms. The maximum absolute atomic E-state index is 6.95. The lowest BCUT2D eigenvalue weighted by molar-refractivity contribution is 0.573. The zero-order valence-electron chi connectivity index (χ0n) is 33.9. The largest absolute Gasteiger partial charge is 0.454 e. The fourth-order valence-electron chi connectivity index (χ4n) is 9.96. The summed E-state index contributed by atoms with van der Waals surface area (Å²) in [6, 6.07) is 60.8. The Balaban J connectivity index is 0.985. The third-order valence-electron chi connectivity index (χ3n) is 12.6. The van der Waals surface area contributed by atoms with Gasteiger partial charge in [-0.1, -0.05) is 106 Å². The van der Waals surface area contributed by atoms with E-state index in [-0.39, 0.29) is 5.41 Å². The maximum Gasteiger partial charge on any atom is 0.159 e. The van der Waals surface area contributed by atoms with E-state index in [4.69, 9.17) is 4.42 Å². The summed E-state index contributed by atoms with van der Waals surface area (Å²) in [7, 11) is 0. The van der Waals surface area contributed by atoms with Gasteiger partial charge in [-0.05, 0) is 153 Å². The van der Waals surface area contributed by atoms with Crippen molar-refractivity contribution in [1.29, 1.82) is 0 Å². The molecule has 0 amide bonds. The third kappa shape index (κ3) is 5.07. The molecule has 1 aliphatic rings. The Morgan fingerprint density at radius 2 is 0.983 bits per heavy atom. The van der Waals surface area contributed by atoms with Crippen LogP contribution in [0.2, 0.25) is 0 Å². The van der Waals surface area contributed by atoms with Crippen molar-refractivity contribution in [2.45, 2.75) is 40.0 Å². The molecule has 2 aromatic heterocycles. The van der Waals surface area contributed by atoms with Gasteiger partial charge in [-0.15, -0.1) is 0 Å². The SMILES string of the molecule is Cc1cc(C)cc(N(c2ccc3cc4c(cc3c2)-c2cc3ccc(-n5c6ccccc6c6ccccc65)cc3cc2-4)c2cccc3c2oc2c(C(C)(C)C)cccc23)c1. The third-order valence-corrected chi connectivity index (χ3v) is 12.6. The van der Waals surface area contributed by atoms with Gasteiger partial charge in [-0.25, -0.2) is 0 Å². The van der Waals surface area contributed by atoms with E-state index in [1.807, 2.05) is 0 Å². The minimum atomic E-state index is -0.0535. The van der Waals surface area contributed by atoms with Gasteiger partial charge in [-0.3, -0.25) is 0 Å². The number of nitrogens with zero attached hydrogens (tertiary/aromatic N) is 2. The van der Waals surface area contributed by atoms with Crippen LogP contribution in [0.15, 0.2) is 168 Å². The zero-order chi connectivity index (χ0) is 39.7. The minimum Gasteiger partial charge on any atom is -0.454 e. The van der Waals surface area contributed by atoms with Gasteiger partial charge < -0.3 is 13.9 Å². The van der Waals surface area contributed by atoms with Crippen LogP contribution in [0.4, 0.5) is 17.1 Å². The van der Waals surface area contributed by atoms with Crippen LogP contribution >= 0.6 is 0 Å². The predicted molar refractivity (Wildman–Crippen MR) is 250 cm³/mol. The molecule has 3 heteroatoms. The maximum atomic E-state index is 6.95. The summed E-state index contributed by atoms with van der Waals surface area (Å²) >= 11 is 0. The molecule has 12 rings (SSSR count). The molecule has 0 aliphatic heterocycles. The van der Waals surface area contributed by atoms with Crippen LogP contribution in [0.5, 0.6) is 0 Å². The zero-order valence-corrected chi connectivity index (χ0v) is 33.9. The van der Waals surface area contributed by atoms with Crippen LogP contribution in [0, 0.1) is 13.8 Å². The fourth-order valence-corrected chi connectivity index (χ4v) is 9.96. The van der Waals surface area contributed by atoms with Crippen LogP contribution in [-0.2, 0) is 5.41 Å². The lowest BCUT2D eigenvalue weighted by atomic mass is 9.78. The van der Waals surface area contributed by atoms with Crippen molar-refractivity contribution in [2.24, 2.45) is 0 Å². The number of furan rings is 1. The van der Waals surface area contributed by atoms with Crippen molar-refractivity contribution < 1.29 is 4.42 Å². The van der Waals surface area contributed by atoms with Crippen molar-refractivity contribution in [1.82, 2.24) is 4.57 Å². The van der Waals surface area contributed by atoms with Gasteiger partial charge in [0.1, 0.15) is 5.58 Å². The highest BCUT2D eigenvalue weighted by molar-refractivity contribution is 6.14. The molecule has 0 atom stereocenters. The molecular formula is C56H42N2O. The second kappa shape index (κ2) is 12.2. The van der Waals surface area contributed by atoms with Crippen LogP contribution < -0.4 is 4.90 Å². The number of benzene rings is 9. The van der Waals surface area contributed by atoms with Gasteiger partial charge in [0, 0.05) is 44.2 Å². The summed E-state index contributed by atoms with van der Waals surface area (Å²) in [5.41, 5.74) is 17.6. The normalized spacial score (nSPS) is 12.5. The molecule has 282 valence electrons. The van der Waals surface area contributed by atoms with Crippen LogP contribution in [0.25, 0.3) is 93.2 Å². The molecule has 2 heterocycles. The van der Waals surface area contributed by atoms with Crippen LogP contribution in [0.3, 0.4) is 0 Å². The summed E-state index contributed by atoms with van der Waals surface area (Å²) in [6.45, 7) is 11.1. The number of aryl methyl sites for hydroxylation is 2. The monoisotopic (exact) mass is 758 g/mol. The van der Waals surface area contributed by atoms with Gasteiger partial charge >= 0.3 is 0 Å². The van der Waals surface area contributed by atoms with E-state index in [0.717, 1.165) is 39.0 Å². The Labute approximate surface area is 343 Å². The van der Waals surface area contributed by atoms with E-state index in [2.05, 4.69) is 208 Å². The molecule has 0 fully saturated rings. The van der Waals surface area contributed by atoms with Crippen molar-refractivity contribution in [3.63, 3.8) is 0 Å². The number of hydrogen-bond donors (Lipinski definition) is 0. The Hall–Kier alpha value is -7.10. The van der Waals surface area contributed by atoms with Crippen molar-refractivity contribution in [3.8, 4) is 27.9 Å². The highest BCUT2D eigenvalue weighted by Gasteiger charge is 2.27. The van der Waals surface area contributed by atoms with Gasteiger partial charge in [0.05, 0.1) is 16.7 Å². The number of fused-ring (bicyclic) bond motifs is 12. The first kappa shape index (κ1) is 34.0. The smallest absolute Gasteiger partial charge is 0.159 e. The number of hydrogen-bond acceptors (Lipinski definition) is 2. The summed E-state index contributed by atoms with van der Waals surface area (Å²) in [5, 5.41) is 9.80. The molecule has 0 radical (unpaired) electrons. The second-order valence-electron chi connectivity index (χ2n) is 17.6. The Bertz CT molecular complexity index is 3500. The average molecular weight is 759 g/mol. The van der Waals surface area contributed by atoms with Crippen LogP contribution in [0.1, 0.15) is 37.5 Å². The molecule has 0 bridgehead atoms. The van der Waals surface area contributed by atoms with Gasteiger partial charge in [0.15, 0.2) is 5.58 Å². The summed E-state index contributed by atoms with van der Waals surface area (Å²) in [5.74, 6) is 0. The first-order valence-corrected chi connectivity index (χ1v) is 20.7. The van der Waals surface area contributed by atoms with E-state index in [0.29, 0.717) is 0 Å². The molecule has 0 saturated heterocycles. The standard InChI is InChI=1S/C56H42N2O/c1-33-24-34(2)26-41(25-33)57(53-19-11-15-45-44-14-10-16-50(56(3,4)5)54(44)59-55(45)53)39-22-20-35-29-46-48(31-37(35)27-39)47-30-36-21-23-40(28-38(36)32-49(46)47)58-51-17-8-6-12-42(51)43-13-7-9-18-52(43)58/h6-32H,1-5H3. The van der Waals surface area contributed by atoms with E-state index < -0.39 is 0 Å². The summed E-state index contributed by atoms with van der Waals surface area (Å²) < 4.78 is 9.36. The summed E-state index contributed by atoms with van der Waals surface area (Å²) in [6.07, 6.45) is 0. The number of anilines is 3. The van der Waals surface area contributed by atoms with E-state index in [1.54, 1.807) is 0 Å². The Morgan fingerprint density at radius 3 is 1.63 bits per heavy atom. The van der Waals surface area contributed by atoms with Crippen molar-refractivity contribution in [3.05, 3.63) is 180 Å². The molecule has 1 aliphatic carbocycles. The lowest BCUT2D eigenvalue weighted by Gasteiger charge is -2.28. The van der Waals surface area contributed by atoms with Gasteiger partial charge in [0.2, 0.25) is 0 Å². The fraction of sp³-hybridized carbons (Fsp3) is 0.107. The van der Waals surface area contributed by atoms with Crippen molar-refractivity contribution in [2.75, 3.05) is 4.90 Å². The van der Waals surface area contributed by atoms with Gasteiger partial charge in [0.25, 0.3) is 0 Å². The molecule has 11 aromatic rings. The first-order chi connectivity index (χ1) is 28.7. The molecule has 9 aromatic carbocycles. The highest BCUT2D eigenvalue weighted by atomic mass is 16.3. The van der Waals surface area contributed by atoms with Crippen LogP contribution in [-0.4, -0.2) is 4.57 Å². The second-order valence-corrected chi connectivity index (χ2v) is 17.6. The molecule has 59 heavy (non-hydrogen) atoms. The number of aromatic nitrogens is 1. The van der Waals surface area contributed by atoms with E-state index in [9.17, 15) is 0 Å². The minimum absolute atomic E-state index is 0.0535. The lowest BCUT2D eigenvalue weighted by Crippen LogP contribution is -2.11. The molecule has 0 N–H and O–H groups in total. The quantitative estimate of drug-likeness (QED) is 0.178. The topological polar surface area (TPSA) is 21.3 Å². The number of para-hydroxylation sites is 4. The predicted octanol–water partition coefficient (Wildman–Crippen LogP) is 16.0. The Kier molecular flexibility index (Phi) is 7.03. The van der Waals surface area contributed by atoms with E-state index in [1.165, 1.54) is 88.0 Å². The molecule has 3 nitrogen and oxygen atoms in total. The first-order valence-electron chi connectivity index (χ1n) is 20.7. The average Bonchev–Trinajstić information content (AvgIpc) is 3.78. The van der Waals surface area contributed by atoms with E-state index >= 15 is 0 Å². The Morgan fingerprint density at radius 1 is 0.441 bits per heavy atom. The van der Waals surface area contributed by atoms with Crippen molar-refractivity contribution >= 4 is 82.4 Å². The highest BCUT2D eigenvalue weighted by Crippen LogP contribution is 2.52. The van der Waals surface area contributed by atoms with Gasteiger partial charge in [-0.2, -0.15) is 0 Å².